The van der Waals surface area contributed by atoms with Crippen LogP contribution in [0.1, 0.15) is 27.6 Å². The highest BCUT2D eigenvalue weighted by Gasteiger charge is 2.02. The molecule has 2 rings (SSSR count). The van der Waals surface area contributed by atoms with Gasteiger partial charge in [-0.05, 0) is 55.5 Å². The molecular weight excluding hydrogens is 292 g/mol. The Bertz CT molecular complexity index is 704. The molecule has 0 unspecified atom stereocenters. The van der Waals surface area contributed by atoms with Crippen LogP contribution in [0.2, 0.25) is 0 Å². The first-order valence-electron chi connectivity index (χ1n) is 7.20. The van der Waals surface area contributed by atoms with Crippen molar-refractivity contribution < 1.29 is 14.3 Å². The van der Waals surface area contributed by atoms with E-state index in [1.165, 1.54) is 6.08 Å². The van der Waals surface area contributed by atoms with Crippen LogP contribution >= 0.6 is 0 Å². The van der Waals surface area contributed by atoms with Crippen molar-refractivity contribution in [2.45, 2.75) is 6.92 Å². The van der Waals surface area contributed by atoms with Crippen LogP contribution in [0.15, 0.2) is 60.8 Å². The van der Waals surface area contributed by atoms with Gasteiger partial charge in [0.15, 0.2) is 5.78 Å². The third-order valence-electron chi connectivity index (χ3n) is 3.10. The Morgan fingerprint density at radius 3 is 2.22 bits per heavy atom. The number of nitrogens with one attached hydrogen (secondary N) is 1. The molecule has 0 aliphatic heterocycles. The zero-order valence-corrected chi connectivity index (χ0v) is 12.8. The topological polar surface area (TPSA) is 81.4 Å². The number of carbonyl (C=O) groups excluding carboxylic acids is 2. The molecule has 23 heavy (non-hydrogen) atoms. The summed E-state index contributed by atoms with van der Waals surface area (Å²) in [5.74, 6) is 0.146. The minimum Gasteiger partial charge on any atom is -0.494 e. The second kappa shape index (κ2) is 7.79. The molecule has 2 aromatic rings. The number of allylic oxidation sites excluding steroid dienone is 1. The lowest BCUT2D eigenvalue weighted by molar-refractivity contribution is 0.0999. The lowest BCUT2D eigenvalue weighted by Crippen LogP contribution is -2.10. The lowest BCUT2D eigenvalue weighted by atomic mass is 10.1. The van der Waals surface area contributed by atoms with Crippen molar-refractivity contribution in [3.63, 3.8) is 0 Å². The largest absolute Gasteiger partial charge is 0.494 e. The summed E-state index contributed by atoms with van der Waals surface area (Å²) in [6, 6.07) is 13.6. The Kier molecular flexibility index (Phi) is 5.52. The summed E-state index contributed by atoms with van der Waals surface area (Å²) in [5.41, 5.74) is 6.94. The van der Waals surface area contributed by atoms with Gasteiger partial charge in [0.1, 0.15) is 5.75 Å². The Hall–Kier alpha value is -3.08. The van der Waals surface area contributed by atoms with Gasteiger partial charge >= 0.3 is 0 Å². The first-order chi connectivity index (χ1) is 11.1. The van der Waals surface area contributed by atoms with Gasteiger partial charge in [-0.3, -0.25) is 9.59 Å². The third kappa shape index (κ3) is 4.71. The number of hydrogen-bond donors (Lipinski definition) is 2. The average molecular weight is 310 g/mol. The maximum atomic E-state index is 12.0. The van der Waals surface area contributed by atoms with E-state index in [4.69, 9.17) is 10.5 Å². The number of anilines is 1. The second-order valence-electron chi connectivity index (χ2n) is 4.74. The molecule has 3 N–H and O–H groups in total. The molecule has 0 aliphatic rings. The Balaban J connectivity index is 1.94. The number of ketones is 1. The summed E-state index contributed by atoms with van der Waals surface area (Å²) in [4.78, 5) is 23.0. The van der Waals surface area contributed by atoms with E-state index in [2.05, 4.69) is 5.32 Å². The number of amides is 1. The van der Waals surface area contributed by atoms with Gasteiger partial charge in [-0.2, -0.15) is 0 Å². The van der Waals surface area contributed by atoms with Crippen LogP contribution < -0.4 is 15.8 Å². The summed E-state index contributed by atoms with van der Waals surface area (Å²) in [6.45, 7) is 2.50. The molecule has 0 aromatic heterocycles. The molecule has 0 spiro atoms. The van der Waals surface area contributed by atoms with E-state index in [0.717, 1.165) is 11.4 Å². The van der Waals surface area contributed by atoms with Crippen LogP contribution in [0.5, 0.6) is 5.75 Å². The minimum atomic E-state index is -0.474. The van der Waals surface area contributed by atoms with E-state index in [1.54, 1.807) is 54.7 Å². The number of carbonyl (C=O) groups is 2. The zero-order chi connectivity index (χ0) is 16.7. The van der Waals surface area contributed by atoms with Gasteiger partial charge < -0.3 is 15.8 Å². The fraction of sp³-hybridized carbons (Fsp3) is 0.111. The van der Waals surface area contributed by atoms with E-state index in [0.29, 0.717) is 17.7 Å². The van der Waals surface area contributed by atoms with Gasteiger partial charge in [0, 0.05) is 29.1 Å². The van der Waals surface area contributed by atoms with E-state index in [-0.39, 0.29) is 5.78 Å². The van der Waals surface area contributed by atoms with Crippen molar-refractivity contribution in [1.82, 2.24) is 0 Å². The molecule has 0 fully saturated rings. The number of nitrogens with two attached hydrogens (primary N) is 1. The highest BCUT2D eigenvalue weighted by Crippen LogP contribution is 2.13. The van der Waals surface area contributed by atoms with Crippen molar-refractivity contribution >= 4 is 17.4 Å². The summed E-state index contributed by atoms with van der Waals surface area (Å²) in [6.07, 6.45) is 3.00. The van der Waals surface area contributed by atoms with Crippen molar-refractivity contribution in [1.29, 1.82) is 0 Å². The maximum absolute atomic E-state index is 12.0. The molecule has 0 radical (unpaired) electrons. The van der Waals surface area contributed by atoms with Gasteiger partial charge in [0.05, 0.1) is 6.61 Å². The molecular formula is C18H18N2O3. The number of ether oxygens (including phenoxy) is 1. The van der Waals surface area contributed by atoms with E-state index < -0.39 is 5.91 Å². The fourth-order valence-corrected chi connectivity index (χ4v) is 1.92. The molecule has 5 heteroatoms. The predicted octanol–water partition coefficient (Wildman–Crippen LogP) is 2.99. The molecule has 0 saturated heterocycles. The Labute approximate surface area is 134 Å². The summed E-state index contributed by atoms with van der Waals surface area (Å²) in [5, 5.41) is 2.96. The number of benzene rings is 2. The molecule has 118 valence electrons. The minimum absolute atomic E-state index is 0.116. The van der Waals surface area contributed by atoms with Crippen LogP contribution in [0.25, 0.3) is 0 Å². The monoisotopic (exact) mass is 310 g/mol. The van der Waals surface area contributed by atoms with Gasteiger partial charge in [-0.25, -0.2) is 0 Å². The van der Waals surface area contributed by atoms with Crippen LogP contribution in [-0.4, -0.2) is 18.3 Å². The van der Waals surface area contributed by atoms with Crippen molar-refractivity contribution in [2.75, 3.05) is 11.9 Å². The van der Waals surface area contributed by atoms with Gasteiger partial charge in [-0.1, -0.05) is 0 Å². The summed E-state index contributed by atoms with van der Waals surface area (Å²) in [7, 11) is 0. The maximum Gasteiger partial charge on any atom is 0.248 e. The third-order valence-corrected chi connectivity index (χ3v) is 3.10. The normalized spacial score (nSPS) is 10.5. The Morgan fingerprint density at radius 2 is 1.65 bits per heavy atom. The highest BCUT2D eigenvalue weighted by molar-refractivity contribution is 6.04. The van der Waals surface area contributed by atoms with Crippen molar-refractivity contribution in [2.24, 2.45) is 5.73 Å². The summed E-state index contributed by atoms with van der Waals surface area (Å²) >= 11 is 0. The Morgan fingerprint density at radius 1 is 1.04 bits per heavy atom. The van der Waals surface area contributed by atoms with Crippen LogP contribution in [0.4, 0.5) is 5.69 Å². The standard InChI is InChI=1S/C18H18N2O3/c1-2-23-16-9-5-13(6-10-16)17(21)11-12-20-15-7-3-14(4-8-15)18(19)22/h3-12,20H,2H2,1H3,(H2,19,22). The fourth-order valence-electron chi connectivity index (χ4n) is 1.92. The SMILES string of the molecule is CCOc1ccc(C(=O)C=CNc2ccc(C(N)=O)cc2)cc1. The van der Waals surface area contributed by atoms with Crippen molar-refractivity contribution in [3.05, 3.63) is 71.9 Å². The summed E-state index contributed by atoms with van der Waals surface area (Å²) < 4.78 is 5.33. The first-order valence-corrected chi connectivity index (χ1v) is 7.20. The smallest absolute Gasteiger partial charge is 0.248 e. The quantitative estimate of drug-likeness (QED) is 0.608. The molecule has 0 atom stereocenters. The average Bonchev–Trinajstić information content (AvgIpc) is 2.56. The molecule has 5 nitrogen and oxygen atoms in total. The number of hydrogen-bond acceptors (Lipinski definition) is 4. The van der Waals surface area contributed by atoms with Gasteiger partial charge in [-0.15, -0.1) is 0 Å². The van der Waals surface area contributed by atoms with Crippen LogP contribution in [-0.2, 0) is 0 Å². The molecule has 0 heterocycles. The molecule has 2 aromatic carbocycles. The van der Waals surface area contributed by atoms with Crippen molar-refractivity contribution in [3.8, 4) is 5.75 Å². The molecule has 0 aliphatic carbocycles. The number of primary amides is 1. The number of rotatable bonds is 7. The zero-order valence-electron chi connectivity index (χ0n) is 12.8. The second-order valence-corrected chi connectivity index (χ2v) is 4.74. The highest BCUT2D eigenvalue weighted by atomic mass is 16.5. The van der Waals surface area contributed by atoms with E-state index in [9.17, 15) is 9.59 Å². The lowest BCUT2D eigenvalue weighted by Gasteiger charge is -2.03. The molecule has 1 amide bonds. The van der Waals surface area contributed by atoms with Gasteiger partial charge in [0.25, 0.3) is 0 Å². The predicted molar refractivity (Wildman–Crippen MR) is 89.7 cm³/mol. The van der Waals surface area contributed by atoms with Gasteiger partial charge in [0.2, 0.25) is 5.91 Å². The van der Waals surface area contributed by atoms with Crippen LogP contribution in [0.3, 0.4) is 0 Å². The van der Waals surface area contributed by atoms with E-state index >= 15 is 0 Å². The first kappa shape index (κ1) is 16.3. The molecule has 0 bridgehead atoms. The molecule has 0 saturated carbocycles. The van der Waals surface area contributed by atoms with Crippen LogP contribution in [0, 0.1) is 0 Å². The van der Waals surface area contributed by atoms with E-state index in [1.807, 2.05) is 6.92 Å².